The van der Waals surface area contributed by atoms with Gasteiger partial charge < -0.3 is 10.3 Å². The normalized spacial score (nSPS) is 11.3. The summed E-state index contributed by atoms with van der Waals surface area (Å²) in [5.74, 6) is 0.151. The molecule has 0 radical (unpaired) electrons. The molecule has 2 N–H and O–H groups in total. The Balaban J connectivity index is 2.76. The molecule has 17 heavy (non-hydrogen) atoms. The highest BCUT2D eigenvalue weighted by Gasteiger charge is 2.19. The first-order valence-electron chi connectivity index (χ1n) is 5.88. The first kappa shape index (κ1) is 11.7. The second-order valence-electron chi connectivity index (χ2n) is 4.87. The summed E-state index contributed by atoms with van der Waals surface area (Å²) in [5.41, 5.74) is 8.28. The van der Waals surface area contributed by atoms with Crippen molar-refractivity contribution in [1.29, 1.82) is 0 Å². The van der Waals surface area contributed by atoms with Gasteiger partial charge in [-0.3, -0.25) is 4.79 Å². The fraction of sp³-hybridized carbons (Fsp3) is 0.357. The summed E-state index contributed by atoms with van der Waals surface area (Å²) in [6.07, 6.45) is 0.875. The van der Waals surface area contributed by atoms with Crippen LogP contribution in [0.5, 0.6) is 0 Å². The predicted molar refractivity (Wildman–Crippen MR) is 70.0 cm³/mol. The molecule has 0 aliphatic heterocycles. The number of hydrogen-bond acceptors (Lipinski definition) is 1. The SMILES string of the molecule is CC(C)Cc1c(C(N)=O)n(C)c2ccccc12. The van der Waals surface area contributed by atoms with E-state index in [1.54, 1.807) is 0 Å². The third kappa shape index (κ3) is 1.93. The van der Waals surface area contributed by atoms with Crippen LogP contribution in [0.25, 0.3) is 10.9 Å². The van der Waals surface area contributed by atoms with E-state index >= 15 is 0 Å². The number of fused-ring (bicyclic) bond motifs is 1. The van der Waals surface area contributed by atoms with E-state index in [4.69, 9.17) is 5.73 Å². The van der Waals surface area contributed by atoms with Crippen LogP contribution >= 0.6 is 0 Å². The summed E-state index contributed by atoms with van der Waals surface area (Å²) in [4.78, 5) is 11.6. The molecule has 0 bridgehead atoms. The van der Waals surface area contributed by atoms with E-state index in [0.29, 0.717) is 11.6 Å². The highest BCUT2D eigenvalue weighted by atomic mass is 16.1. The molecular formula is C14H18N2O. The van der Waals surface area contributed by atoms with Crippen LogP contribution < -0.4 is 5.73 Å². The highest BCUT2D eigenvalue weighted by Crippen LogP contribution is 2.27. The lowest BCUT2D eigenvalue weighted by Crippen LogP contribution is -2.17. The van der Waals surface area contributed by atoms with Crippen molar-refractivity contribution in [3.8, 4) is 0 Å². The van der Waals surface area contributed by atoms with Gasteiger partial charge in [-0.15, -0.1) is 0 Å². The summed E-state index contributed by atoms with van der Waals surface area (Å²) >= 11 is 0. The van der Waals surface area contributed by atoms with Crippen molar-refractivity contribution in [3.63, 3.8) is 0 Å². The number of amides is 1. The number of aryl methyl sites for hydroxylation is 1. The van der Waals surface area contributed by atoms with Gasteiger partial charge in [0.05, 0.1) is 0 Å². The Hall–Kier alpha value is -1.77. The van der Waals surface area contributed by atoms with Gasteiger partial charge >= 0.3 is 0 Å². The van der Waals surface area contributed by atoms with Crippen LogP contribution in [0.1, 0.15) is 29.9 Å². The van der Waals surface area contributed by atoms with E-state index < -0.39 is 0 Å². The molecule has 0 spiro atoms. The van der Waals surface area contributed by atoms with Gasteiger partial charge in [-0.05, 0) is 24.0 Å². The van der Waals surface area contributed by atoms with E-state index in [2.05, 4.69) is 19.9 Å². The molecule has 0 fully saturated rings. The summed E-state index contributed by atoms with van der Waals surface area (Å²) < 4.78 is 1.90. The maximum Gasteiger partial charge on any atom is 0.265 e. The minimum absolute atomic E-state index is 0.348. The lowest BCUT2D eigenvalue weighted by atomic mass is 9.99. The Morgan fingerprint density at radius 2 is 2.00 bits per heavy atom. The Morgan fingerprint density at radius 3 is 2.59 bits per heavy atom. The summed E-state index contributed by atoms with van der Waals surface area (Å²) in [6.45, 7) is 4.29. The molecule has 0 saturated carbocycles. The maximum absolute atomic E-state index is 11.6. The molecule has 0 atom stereocenters. The molecule has 1 aromatic heterocycles. The Labute approximate surface area is 101 Å². The summed E-state index contributed by atoms with van der Waals surface area (Å²) in [6, 6.07) is 8.05. The van der Waals surface area contributed by atoms with Crippen molar-refractivity contribution in [2.75, 3.05) is 0 Å². The average Bonchev–Trinajstić information content (AvgIpc) is 2.52. The van der Waals surface area contributed by atoms with Crippen LogP contribution in [0.15, 0.2) is 24.3 Å². The molecule has 0 unspecified atom stereocenters. The number of aromatic nitrogens is 1. The zero-order valence-electron chi connectivity index (χ0n) is 10.5. The molecule has 1 amide bonds. The van der Waals surface area contributed by atoms with Gasteiger partial charge in [0.15, 0.2) is 0 Å². The predicted octanol–water partition coefficient (Wildman–Crippen LogP) is 2.48. The Morgan fingerprint density at radius 1 is 1.35 bits per heavy atom. The van der Waals surface area contributed by atoms with Gasteiger partial charge in [0, 0.05) is 18.0 Å². The van der Waals surface area contributed by atoms with Gasteiger partial charge in [0.25, 0.3) is 5.91 Å². The van der Waals surface area contributed by atoms with Crippen molar-refractivity contribution >= 4 is 16.8 Å². The highest BCUT2D eigenvalue weighted by molar-refractivity contribution is 6.00. The van der Waals surface area contributed by atoms with Crippen LogP contribution in [0, 0.1) is 5.92 Å². The Bertz CT molecular complexity index is 567. The van der Waals surface area contributed by atoms with Gasteiger partial charge in [-0.25, -0.2) is 0 Å². The number of carbonyl (C=O) groups excluding carboxylic acids is 1. The van der Waals surface area contributed by atoms with Gasteiger partial charge in [-0.2, -0.15) is 0 Å². The van der Waals surface area contributed by atoms with Gasteiger partial charge in [0.2, 0.25) is 0 Å². The molecular weight excluding hydrogens is 212 g/mol. The maximum atomic E-state index is 11.6. The third-order valence-corrected chi connectivity index (χ3v) is 3.06. The number of para-hydroxylation sites is 1. The average molecular weight is 230 g/mol. The van der Waals surface area contributed by atoms with E-state index in [1.807, 2.05) is 29.8 Å². The number of hydrogen-bond donors (Lipinski definition) is 1. The molecule has 0 saturated heterocycles. The minimum Gasteiger partial charge on any atom is -0.364 e. The smallest absolute Gasteiger partial charge is 0.265 e. The third-order valence-electron chi connectivity index (χ3n) is 3.06. The molecule has 2 aromatic rings. The van der Waals surface area contributed by atoms with Crippen molar-refractivity contribution in [2.24, 2.45) is 18.7 Å². The Kier molecular flexibility index (Phi) is 2.92. The number of carbonyl (C=O) groups is 1. The van der Waals surface area contributed by atoms with Crippen LogP contribution in [0.2, 0.25) is 0 Å². The van der Waals surface area contributed by atoms with Crippen LogP contribution in [-0.4, -0.2) is 10.5 Å². The van der Waals surface area contributed by atoms with Crippen molar-refractivity contribution in [2.45, 2.75) is 20.3 Å². The van der Waals surface area contributed by atoms with E-state index in [1.165, 1.54) is 0 Å². The minimum atomic E-state index is -0.348. The summed E-state index contributed by atoms with van der Waals surface area (Å²) in [7, 11) is 1.90. The molecule has 90 valence electrons. The topological polar surface area (TPSA) is 48.0 Å². The quantitative estimate of drug-likeness (QED) is 0.865. The number of benzene rings is 1. The lowest BCUT2D eigenvalue weighted by molar-refractivity contribution is 0.0992. The van der Waals surface area contributed by atoms with Crippen molar-refractivity contribution in [3.05, 3.63) is 35.5 Å². The fourth-order valence-electron chi connectivity index (χ4n) is 2.40. The second-order valence-corrected chi connectivity index (χ2v) is 4.87. The number of rotatable bonds is 3. The molecule has 0 aliphatic carbocycles. The molecule has 0 aliphatic rings. The molecule has 1 heterocycles. The molecule has 3 heteroatoms. The fourth-order valence-corrected chi connectivity index (χ4v) is 2.40. The largest absolute Gasteiger partial charge is 0.364 e. The van der Waals surface area contributed by atoms with Gasteiger partial charge in [0.1, 0.15) is 5.69 Å². The molecule has 3 nitrogen and oxygen atoms in total. The van der Waals surface area contributed by atoms with Crippen LogP contribution in [0.3, 0.4) is 0 Å². The van der Waals surface area contributed by atoms with E-state index in [-0.39, 0.29) is 5.91 Å². The van der Waals surface area contributed by atoms with E-state index in [0.717, 1.165) is 22.9 Å². The van der Waals surface area contributed by atoms with Crippen molar-refractivity contribution < 1.29 is 4.79 Å². The second kappa shape index (κ2) is 4.24. The van der Waals surface area contributed by atoms with Crippen LogP contribution in [-0.2, 0) is 13.5 Å². The van der Waals surface area contributed by atoms with E-state index in [9.17, 15) is 4.79 Å². The number of nitrogens with zero attached hydrogens (tertiary/aromatic N) is 1. The van der Waals surface area contributed by atoms with Gasteiger partial charge in [-0.1, -0.05) is 32.0 Å². The monoisotopic (exact) mass is 230 g/mol. The lowest BCUT2D eigenvalue weighted by Gasteiger charge is -2.06. The first-order valence-corrected chi connectivity index (χ1v) is 5.88. The standard InChI is InChI=1S/C14H18N2O/c1-9(2)8-11-10-6-4-5-7-12(10)16(3)13(11)14(15)17/h4-7,9H,8H2,1-3H3,(H2,15,17). The molecule has 2 rings (SSSR count). The zero-order chi connectivity index (χ0) is 12.6. The zero-order valence-corrected chi connectivity index (χ0v) is 10.5. The van der Waals surface area contributed by atoms with Crippen LogP contribution in [0.4, 0.5) is 0 Å². The first-order chi connectivity index (χ1) is 8.02. The number of primary amides is 1. The number of nitrogens with two attached hydrogens (primary N) is 1. The molecule has 1 aromatic carbocycles. The van der Waals surface area contributed by atoms with Crippen molar-refractivity contribution in [1.82, 2.24) is 4.57 Å². The summed E-state index contributed by atoms with van der Waals surface area (Å²) in [5, 5.41) is 1.14.